The lowest BCUT2D eigenvalue weighted by atomic mass is 9.92. The highest BCUT2D eigenvalue weighted by Gasteiger charge is 2.35. The van der Waals surface area contributed by atoms with E-state index < -0.39 is 0 Å². The molecule has 0 aromatic heterocycles. The van der Waals surface area contributed by atoms with Crippen molar-refractivity contribution in [3.63, 3.8) is 0 Å². The number of hydrogen-bond donors (Lipinski definition) is 1. The van der Waals surface area contributed by atoms with Gasteiger partial charge in [0.15, 0.2) is 5.78 Å². The van der Waals surface area contributed by atoms with Gasteiger partial charge in [-0.2, -0.15) is 0 Å². The molecule has 3 unspecified atom stereocenters. The minimum absolute atomic E-state index is 0.0409. The van der Waals surface area contributed by atoms with Crippen molar-refractivity contribution in [3.8, 4) is 5.75 Å². The lowest BCUT2D eigenvalue weighted by Crippen LogP contribution is -2.56. The van der Waals surface area contributed by atoms with Crippen LogP contribution in [0.4, 0.5) is 4.39 Å². The molecule has 5 heteroatoms. The zero-order valence-corrected chi connectivity index (χ0v) is 19.4. The Labute approximate surface area is 195 Å². The van der Waals surface area contributed by atoms with Gasteiger partial charge >= 0.3 is 0 Å². The Morgan fingerprint density at radius 1 is 0.970 bits per heavy atom. The number of benzene rings is 3. The van der Waals surface area contributed by atoms with Crippen LogP contribution in [0.25, 0.3) is 0 Å². The Kier molecular flexibility index (Phi) is 6.91. The van der Waals surface area contributed by atoms with Crippen LogP contribution in [0.3, 0.4) is 0 Å². The number of carbonyl (C=O) groups excluding carboxylic acids is 1. The van der Waals surface area contributed by atoms with Crippen molar-refractivity contribution in [2.45, 2.75) is 45.4 Å². The molecule has 3 aromatic rings. The van der Waals surface area contributed by atoms with Crippen molar-refractivity contribution < 1.29 is 14.3 Å². The van der Waals surface area contributed by atoms with E-state index in [0.717, 1.165) is 24.2 Å². The van der Waals surface area contributed by atoms with Crippen LogP contribution in [0.5, 0.6) is 5.75 Å². The average Bonchev–Trinajstić information content (AvgIpc) is 2.79. The second-order valence-electron chi connectivity index (χ2n) is 9.09. The third-order valence-corrected chi connectivity index (χ3v) is 6.65. The third kappa shape index (κ3) is 5.15. The maximum absolute atomic E-state index is 14.3. The molecule has 3 atom stereocenters. The van der Waals surface area contributed by atoms with Gasteiger partial charge in [-0.3, -0.25) is 14.6 Å². The molecule has 0 amide bonds. The standard InChI is InChI=1S/C28H31FN2O2/c1-19-17-31(20(2)16-30(19)18-25-7-4-5-10-27(25)29)28(24-8-6-9-26(33)15-24)23-13-11-22(12-14-23)21(3)32/h4-15,19-20,28,33H,16-18H2,1-3H3. The molecule has 1 aliphatic rings. The molecule has 0 bridgehead atoms. The highest BCUT2D eigenvalue weighted by molar-refractivity contribution is 5.94. The number of nitrogens with zero attached hydrogens (tertiary/aromatic N) is 2. The summed E-state index contributed by atoms with van der Waals surface area (Å²) in [6, 6.07) is 22.5. The number of phenols is 1. The molecule has 0 radical (unpaired) electrons. The van der Waals surface area contributed by atoms with Crippen LogP contribution in [-0.2, 0) is 6.54 Å². The number of Topliss-reactive ketones (excluding diaryl/α,β-unsaturated/α-hetero) is 1. The summed E-state index contributed by atoms with van der Waals surface area (Å²) in [5.74, 6) is 0.110. The highest BCUT2D eigenvalue weighted by atomic mass is 19.1. The van der Waals surface area contributed by atoms with Gasteiger partial charge in [0.25, 0.3) is 0 Å². The van der Waals surface area contributed by atoms with E-state index in [9.17, 15) is 14.3 Å². The number of hydrogen-bond acceptors (Lipinski definition) is 4. The van der Waals surface area contributed by atoms with Crippen LogP contribution in [0.2, 0.25) is 0 Å². The van der Waals surface area contributed by atoms with E-state index in [1.807, 2.05) is 54.6 Å². The van der Waals surface area contributed by atoms with Crippen LogP contribution in [0, 0.1) is 5.82 Å². The first-order valence-corrected chi connectivity index (χ1v) is 11.5. The van der Waals surface area contributed by atoms with Crippen LogP contribution in [0.15, 0.2) is 72.8 Å². The number of aromatic hydroxyl groups is 1. The molecule has 0 aliphatic carbocycles. The summed E-state index contributed by atoms with van der Waals surface area (Å²) in [6.45, 7) is 8.12. The Balaban J connectivity index is 1.63. The SMILES string of the molecule is CC(=O)c1ccc(C(c2cccc(O)c2)N2CC(C)N(Cc3ccccc3F)CC2C)cc1. The number of phenolic OH excluding ortho intramolecular Hbond substituents is 1. The number of halogens is 1. The molecule has 0 spiro atoms. The maximum atomic E-state index is 14.3. The Bertz CT molecular complexity index is 1110. The number of rotatable bonds is 6. The summed E-state index contributed by atoms with van der Waals surface area (Å²) in [4.78, 5) is 16.5. The quantitative estimate of drug-likeness (QED) is 0.514. The smallest absolute Gasteiger partial charge is 0.159 e. The topological polar surface area (TPSA) is 43.8 Å². The average molecular weight is 447 g/mol. The zero-order valence-electron chi connectivity index (χ0n) is 19.4. The molecule has 1 fully saturated rings. The number of carbonyl (C=O) groups is 1. The first-order chi connectivity index (χ1) is 15.8. The lowest BCUT2D eigenvalue weighted by Gasteiger charge is -2.47. The van der Waals surface area contributed by atoms with Gasteiger partial charge in [-0.25, -0.2) is 4.39 Å². The molecule has 4 nitrogen and oxygen atoms in total. The summed E-state index contributed by atoms with van der Waals surface area (Å²) in [6.07, 6.45) is 0. The van der Waals surface area contributed by atoms with Gasteiger partial charge in [0.1, 0.15) is 11.6 Å². The van der Waals surface area contributed by atoms with Gasteiger partial charge in [-0.1, -0.05) is 54.6 Å². The number of ketones is 1. The fourth-order valence-corrected chi connectivity index (χ4v) is 4.82. The fraction of sp³-hybridized carbons (Fsp3) is 0.321. The van der Waals surface area contributed by atoms with Crippen molar-refractivity contribution in [2.24, 2.45) is 0 Å². The van der Waals surface area contributed by atoms with Gasteiger partial charge in [-0.05, 0) is 50.1 Å². The van der Waals surface area contributed by atoms with E-state index >= 15 is 0 Å². The molecule has 172 valence electrons. The highest BCUT2D eigenvalue weighted by Crippen LogP contribution is 2.35. The number of piperazine rings is 1. The normalized spacial score (nSPS) is 20.5. The summed E-state index contributed by atoms with van der Waals surface area (Å²) >= 11 is 0. The molecule has 4 rings (SSSR count). The van der Waals surface area contributed by atoms with Crippen LogP contribution in [-0.4, -0.2) is 45.9 Å². The molecule has 1 saturated heterocycles. The predicted molar refractivity (Wildman–Crippen MR) is 129 cm³/mol. The molecule has 33 heavy (non-hydrogen) atoms. The third-order valence-electron chi connectivity index (χ3n) is 6.65. The second kappa shape index (κ2) is 9.86. The van der Waals surface area contributed by atoms with E-state index in [-0.39, 0.29) is 35.5 Å². The van der Waals surface area contributed by atoms with E-state index in [0.29, 0.717) is 17.7 Å². The summed E-state index contributed by atoms with van der Waals surface area (Å²) in [7, 11) is 0. The molecular formula is C28H31FN2O2. The summed E-state index contributed by atoms with van der Waals surface area (Å²) in [5.41, 5.74) is 3.48. The molecule has 1 heterocycles. The Hall–Kier alpha value is -3.02. The van der Waals surface area contributed by atoms with E-state index in [4.69, 9.17) is 0 Å². The van der Waals surface area contributed by atoms with E-state index in [2.05, 4.69) is 23.6 Å². The van der Waals surface area contributed by atoms with Crippen LogP contribution >= 0.6 is 0 Å². The van der Waals surface area contributed by atoms with Gasteiger partial charge in [0, 0.05) is 42.8 Å². The van der Waals surface area contributed by atoms with Crippen molar-refractivity contribution in [1.82, 2.24) is 9.80 Å². The molecule has 0 saturated carbocycles. The molecule has 3 aromatic carbocycles. The first kappa shape index (κ1) is 23.1. The van der Waals surface area contributed by atoms with Gasteiger partial charge in [-0.15, -0.1) is 0 Å². The van der Waals surface area contributed by atoms with Gasteiger partial charge in [0.05, 0.1) is 6.04 Å². The van der Waals surface area contributed by atoms with Crippen molar-refractivity contribution in [2.75, 3.05) is 13.1 Å². The second-order valence-corrected chi connectivity index (χ2v) is 9.09. The largest absolute Gasteiger partial charge is 0.508 e. The fourth-order valence-electron chi connectivity index (χ4n) is 4.82. The molecular weight excluding hydrogens is 415 g/mol. The molecule has 1 aliphatic heterocycles. The van der Waals surface area contributed by atoms with Crippen LogP contribution in [0.1, 0.15) is 53.9 Å². The van der Waals surface area contributed by atoms with Crippen molar-refractivity contribution in [1.29, 1.82) is 0 Å². The summed E-state index contributed by atoms with van der Waals surface area (Å²) < 4.78 is 14.3. The Morgan fingerprint density at radius 3 is 2.36 bits per heavy atom. The monoisotopic (exact) mass is 446 g/mol. The van der Waals surface area contributed by atoms with Gasteiger partial charge in [0.2, 0.25) is 0 Å². The van der Waals surface area contributed by atoms with E-state index in [1.54, 1.807) is 19.1 Å². The van der Waals surface area contributed by atoms with E-state index in [1.165, 1.54) is 6.07 Å². The zero-order chi connectivity index (χ0) is 23.5. The minimum atomic E-state index is -0.164. The maximum Gasteiger partial charge on any atom is 0.159 e. The van der Waals surface area contributed by atoms with Crippen LogP contribution < -0.4 is 0 Å². The predicted octanol–water partition coefficient (Wildman–Crippen LogP) is 5.42. The Morgan fingerprint density at radius 2 is 1.70 bits per heavy atom. The lowest BCUT2D eigenvalue weighted by molar-refractivity contribution is 0.0190. The molecule has 1 N–H and O–H groups in total. The first-order valence-electron chi connectivity index (χ1n) is 11.5. The van der Waals surface area contributed by atoms with Gasteiger partial charge < -0.3 is 5.11 Å². The minimum Gasteiger partial charge on any atom is -0.508 e. The van der Waals surface area contributed by atoms with Crippen molar-refractivity contribution in [3.05, 3.63) is 101 Å². The summed E-state index contributed by atoms with van der Waals surface area (Å²) in [5, 5.41) is 10.2. The van der Waals surface area contributed by atoms with Crippen molar-refractivity contribution >= 4 is 5.78 Å².